The maximum atomic E-state index is 10.8. The van der Waals surface area contributed by atoms with Crippen molar-refractivity contribution in [1.82, 2.24) is 4.90 Å². The molecular formula is C14H17N3O2. The van der Waals surface area contributed by atoms with Crippen LogP contribution in [0.25, 0.3) is 0 Å². The Bertz CT molecular complexity index is 502. The highest BCUT2D eigenvalue weighted by molar-refractivity contribution is 5.37. The number of nitriles is 1. The maximum absolute atomic E-state index is 10.8. The lowest BCUT2D eigenvalue weighted by Crippen LogP contribution is -2.35. The normalized spacial score (nSPS) is 18.7. The Kier molecular flexibility index (Phi) is 4.13. The van der Waals surface area contributed by atoms with E-state index in [4.69, 9.17) is 0 Å². The first-order chi connectivity index (χ1) is 9.11. The second-order valence-electron chi connectivity index (χ2n) is 5.10. The topological polar surface area (TPSA) is 70.2 Å². The summed E-state index contributed by atoms with van der Waals surface area (Å²) in [5, 5.41) is 20.2. The first-order valence-corrected chi connectivity index (χ1v) is 6.50. The van der Waals surface area contributed by atoms with Crippen LogP contribution in [-0.2, 0) is 0 Å². The summed E-state index contributed by atoms with van der Waals surface area (Å²) in [6.45, 7) is 3.97. The fraction of sp³-hybridized carbons (Fsp3) is 0.500. The summed E-state index contributed by atoms with van der Waals surface area (Å²) in [6, 6.07) is 8.28. The molecule has 0 radical (unpaired) electrons. The van der Waals surface area contributed by atoms with Gasteiger partial charge in [0.05, 0.1) is 11.0 Å². The molecule has 1 heterocycles. The molecule has 19 heavy (non-hydrogen) atoms. The fourth-order valence-corrected chi connectivity index (χ4v) is 2.46. The van der Waals surface area contributed by atoms with Gasteiger partial charge >= 0.3 is 0 Å². The summed E-state index contributed by atoms with van der Waals surface area (Å²) in [5.74, 6) is 0.695. The number of likely N-dealkylation sites (tertiary alicyclic amines) is 1. The Labute approximate surface area is 112 Å². The van der Waals surface area contributed by atoms with Crippen molar-refractivity contribution in [2.24, 2.45) is 5.92 Å². The largest absolute Gasteiger partial charge is 0.284 e. The Balaban J connectivity index is 2.20. The molecule has 1 aliphatic heterocycles. The van der Waals surface area contributed by atoms with Crippen molar-refractivity contribution in [1.29, 1.82) is 5.26 Å². The first kappa shape index (κ1) is 13.5. The van der Waals surface area contributed by atoms with Crippen molar-refractivity contribution >= 4 is 5.69 Å². The summed E-state index contributed by atoms with van der Waals surface area (Å²) in [6.07, 6.45) is 2.15. The first-order valence-electron chi connectivity index (χ1n) is 6.50. The van der Waals surface area contributed by atoms with Gasteiger partial charge in [-0.25, -0.2) is 0 Å². The maximum Gasteiger partial charge on any atom is 0.269 e. The molecule has 1 aromatic carbocycles. The zero-order chi connectivity index (χ0) is 13.8. The van der Waals surface area contributed by atoms with E-state index in [1.807, 2.05) is 0 Å². The number of piperidine rings is 1. The van der Waals surface area contributed by atoms with Crippen LogP contribution in [0, 0.1) is 27.4 Å². The molecule has 0 spiro atoms. The molecule has 1 atom stereocenters. The Morgan fingerprint density at radius 3 is 2.74 bits per heavy atom. The van der Waals surface area contributed by atoms with Gasteiger partial charge in [0.2, 0.25) is 0 Å². The molecule has 1 unspecified atom stereocenters. The lowest BCUT2D eigenvalue weighted by molar-refractivity contribution is -0.384. The van der Waals surface area contributed by atoms with Gasteiger partial charge in [-0.1, -0.05) is 19.1 Å². The van der Waals surface area contributed by atoms with E-state index in [1.165, 1.54) is 12.1 Å². The molecule has 1 saturated heterocycles. The van der Waals surface area contributed by atoms with Gasteiger partial charge in [-0.3, -0.25) is 15.0 Å². The van der Waals surface area contributed by atoms with Gasteiger partial charge in [0.25, 0.3) is 5.69 Å². The van der Waals surface area contributed by atoms with Gasteiger partial charge in [-0.05, 0) is 37.4 Å². The van der Waals surface area contributed by atoms with Crippen molar-refractivity contribution in [3.63, 3.8) is 0 Å². The second kappa shape index (κ2) is 5.81. The van der Waals surface area contributed by atoms with Gasteiger partial charge in [0.15, 0.2) is 0 Å². The third kappa shape index (κ3) is 3.09. The lowest BCUT2D eigenvalue weighted by Gasteiger charge is -2.33. The molecule has 1 aliphatic rings. The van der Waals surface area contributed by atoms with Crippen LogP contribution in [0.5, 0.6) is 0 Å². The highest BCUT2D eigenvalue weighted by Gasteiger charge is 2.25. The molecule has 0 amide bonds. The highest BCUT2D eigenvalue weighted by atomic mass is 16.6. The predicted molar refractivity (Wildman–Crippen MR) is 71.4 cm³/mol. The van der Waals surface area contributed by atoms with E-state index in [0.717, 1.165) is 25.9 Å². The Morgan fingerprint density at radius 2 is 2.16 bits per heavy atom. The van der Waals surface area contributed by atoms with E-state index in [9.17, 15) is 15.4 Å². The predicted octanol–water partition coefficient (Wildman–Crippen LogP) is 2.89. The minimum atomic E-state index is -0.420. The summed E-state index contributed by atoms with van der Waals surface area (Å²) in [4.78, 5) is 12.5. The molecule has 1 aromatic rings. The Morgan fingerprint density at radius 1 is 1.47 bits per heavy atom. The van der Waals surface area contributed by atoms with Crippen LogP contribution < -0.4 is 0 Å². The number of benzene rings is 1. The molecular weight excluding hydrogens is 242 g/mol. The lowest BCUT2D eigenvalue weighted by atomic mass is 9.96. The average Bonchev–Trinajstić information content (AvgIpc) is 2.42. The highest BCUT2D eigenvalue weighted by Crippen LogP contribution is 2.28. The van der Waals surface area contributed by atoms with E-state index >= 15 is 0 Å². The zero-order valence-corrected chi connectivity index (χ0v) is 11.0. The Hall–Kier alpha value is -1.93. The third-order valence-corrected chi connectivity index (χ3v) is 3.70. The number of nitro benzene ring substituents is 1. The second-order valence-corrected chi connectivity index (χ2v) is 5.10. The molecule has 5 heteroatoms. The van der Waals surface area contributed by atoms with Gasteiger partial charge in [-0.2, -0.15) is 5.26 Å². The van der Waals surface area contributed by atoms with Crippen LogP contribution in [0.1, 0.15) is 31.4 Å². The number of hydrogen-bond acceptors (Lipinski definition) is 4. The molecule has 2 rings (SSSR count). The van der Waals surface area contributed by atoms with Crippen molar-refractivity contribution in [3.05, 3.63) is 39.9 Å². The van der Waals surface area contributed by atoms with Crippen LogP contribution in [0.15, 0.2) is 24.3 Å². The number of hydrogen-bond donors (Lipinski definition) is 0. The zero-order valence-electron chi connectivity index (χ0n) is 11.0. The van der Waals surface area contributed by atoms with Gasteiger partial charge in [0, 0.05) is 12.1 Å². The SMILES string of the molecule is CC1CCN(C(C#N)c2cccc([N+](=O)[O-])c2)CC1. The van der Waals surface area contributed by atoms with Gasteiger partial charge < -0.3 is 0 Å². The molecule has 0 saturated carbocycles. The summed E-state index contributed by atoms with van der Waals surface area (Å²) in [5.41, 5.74) is 0.759. The van der Waals surface area contributed by atoms with Crippen LogP contribution in [0.4, 0.5) is 5.69 Å². The number of rotatable bonds is 3. The molecule has 0 aromatic heterocycles. The van der Waals surface area contributed by atoms with Crippen LogP contribution in [0.3, 0.4) is 0 Å². The van der Waals surface area contributed by atoms with Crippen LogP contribution >= 0.6 is 0 Å². The summed E-state index contributed by atoms with van der Waals surface area (Å²) in [7, 11) is 0. The molecule has 0 bridgehead atoms. The standard InChI is InChI=1S/C14H17N3O2/c1-11-5-7-16(8-6-11)14(10-15)12-3-2-4-13(9-12)17(18)19/h2-4,9,11,14H,5-8H2,1H3. The van der Waals surface area contributed by atoms with Gasteiger partial charge in [0.1, 0.15) is 6.04 Å². The van der Waals surface area contributed by atoms with E-state index in [2.05, 4.69) is 17.9 Å². The van der Waals surface area contributed by atoms with E-state index < -0.39 is 4.92 Å². The van der Waals surface area contributed by atoms with E-state index in [1.54, 1.807) is 12.1 Å². The quantitative estimate of drug-likeness (QED) is 0.618. The van der Waals surface area contributed by atoms with Gasteiger partial charge in [-0.15, -0.1) is 0 Å². The number of nitro groups is 1. The smallest absolute Gasteiger partial charge is 0.269 e. The average molecular weight is 259 g/mol. The van der Waals surface area contributed by atoms with E-state index in [0.29, 0.717) is 11.5 Å². The minimum absolute atomic E-state index is 0.0446. The third-order valence-electron chi connectivity index (χ3n) is 3.70. The van der Waals surface area contributed by atoms with Crippen LogP contribution in [0.2, 0.25) is 0 Å². The van der Waals surface area contributed by atoms with Crippen molar-refractivity contribution in [3.8, 4) is 6.07 Å². The molecule has 100 valence electrons. The summed E-state index contributed by atoms with van der Waals surface area (Å²) < 4.78 is 0. The monoisotopic (exact) mass is 259 g/mol. The van der Waals surface area contributed by atoms with E-state index in [-0.39, 0.29) is 11.7 Å². The molecule has 5 nitrogen and oxygen atoms in total. The molecule has 0 N–H and O–H groups in total. The van der Waals surface area contributed by atoms with Crippen LogP contribution in [-0.4, -0.2) is 22.9 Å². The fourth-order valence-electron chi connectivity index (χ4n) is 2.46. The van der Waals surface area contributed by atoms with Crippen molar-refractivity contribution in [2.75, 3.05) is 13.1 Å². The number of non-ortho nitro benzene ring substituents is 1. The minimum Gasteiger partial charge on any atom is -0.284 e. The molecule has 1 fully saturated rings. The number of nitrogens with zero attached hydrogens (tertiary/aromatic N) is 3. The summed E-state index contributed by atoms with van der Waals surface area (Å²) >= 11 is 0. The van der Waals surface area contributed by atoms with Crippen molar-refractivity contribution < 1.29 is 4.92 Å². The molecule has 0 aliphatic carbocycles. The van der Waals surface area contributed by atoms with Crippen molar-refractivity contribution in [2.45, 2.75) is 25.8 Å².